The fourth-order valence-electron chi connectivity index (χ4n) is 1.88. The van der Waals surface area contributed by atoms with E-state index in [4.69, 9.17) is 0 Å². The fourth-order valence-corrected chi connectivity index (χ4v) is 3.04. The van der Waals surface area contributed by atoms with Crippen LogP contribution in [0.4, 0.5) is 8.78 Å². The van der Waals surface area contributed by atoms with Gasteiger partial charge in [0.1, 0.15) is 0 Å². The zero-order chi connectivity index (χ0) is 13.3. The van der Waals surface area contributed by atoms with E-state index in [2.05, 4.69) is 19.6 Å². The van der Waals surface area contributed by atoms with Crippen molar-refractivity contribution in [2.75, 3.05) is 0 Å². The van der Waals surface area contributed by atoms with Crippen LogP contribution in [0.5, 0.6) is 0 Å². The third-order valence-corrected chi connectivity index (χ3v) is 5.08. The molecule has 0 radical (unpaired) electrons. The molecular formula is C15H16F2Si. The largest absolute Gasteiger partial charge is 0.204 e. The first-order valence-electron chi connectivity index (χ1n) is 5.94. The smallest absolute Gasteiger partial charge is 0.166 e. The van der Waals surface area contributed by atoms with Crippen molar-refractivity contribution in [2.45, 2.75) is 19.6 Å². The van der Waals surface area contributed by atoms with Gasteiger partial charge in [0.25, 0.3) is 0 Å². The van der Waals surface area contributed by atoms with E-state index in [1.807, 2.05) is 24.3 Å². The maximum absolute atomic E-state index is 13.7. The van der Waals surface area contributed by atoms with Crippen molar-refractivity contribution in [1.82, 2.24) is 0 Å². The average molecular weight is 262 g/mol. The monoisotopic (exact) mass is 262 g/mol. The van der Waals surface area contributed by atoms with Gasteiger partial charge < -0.3 is 0 Å². The molecule has 0 aliphatic carbocycles. The molecule has 0 N–H and O–H groups in total. The molecule has 18 heavy (non-hydrogen) atoms. The Kier molecular flexibility index (Phi) is 3.35. The normalized spacial score (nSPS) is 11.6. The third-order valence-electron chi connectivity index (χ3n) is 3.01. The molecule has 0 saturated carbocycles. The van der Waals surface area contributed by atoms with Crippen molar-refractivity contribution < 1.29 is 8.78 Å². The molecule has 2 aromatic rings. The summed E-state index contributed by atoms with van der Waals surface area (Å²) in [7, 11) is -1.35. The van der Waals surface area contributed by atoms with E-state index in [1.54, 1.807) is 6.07 Å². The van der Waals surface area contributed by atoms with Crippen molar-refractivity contribution in [2.24, 2.45) is 0 Å². The number of rotatable bonds is 2. The first-order chi connectivity index (χ1) is 8.39. The van der Waals surface area contributed by atoms with E-state index >= 15 is 0 Å². The molecule has 0 aliphatic heterocycles. The second-order valence-electron chi connectivity index (χ2n) is 5.43. The van der Waals surface area contributed by atoms with E-state index in [1.165, 1.54) is 11.3 Å². The minimum absolute atomic E-state index is 0.317. The molecule has 0 heterocycles. The maximum atomic E-state index is 13.7. The van der Waals surface area contributed by atoms with Crippen molar-refractivity contribution in [1.29, 1.82) is 0 Å². The van der Waals surface area contributed by atoms with Crippen LogP contribution in [-0.4, -0.2) is 8.07 Å². The molecule has 0 unspecified atom stereocenters. The highest BCUT2D eigenvalue weighted by atomic mass is 28.3. The number of benzene rings is 2. The maximum Gasteiger partial charge on any atom is 0.166 e. The second kappa shape index (κ2) is 4.65. The molecule has 0 saturated heterocycles. The Hall–Kier alpha value is -1.48. The van der Waals surface area contributed by atoms with Gasteiger partial charge in [-0.25, -0.2) is 8.78 Å². The first-order valence-corrected chi connectivity index (χ1v) is 9.44. The Morgan fingerprint density at radius 3 is 2.00 bits per heavy atom. The van der Waals surface area contributed by atoms with Crippen LogP contribution in [0.25, 0.3) is 11.1 Å². The van der Waals surface area contributed by atoms with Gasteiger partial charge in [-0.05, 0) is 11.6 Å². The van der Waals surface area contributed by atoms with Crippen molar-refractivity contribution >= 4 is 13.3 Å². The molecule has 3 heteroatoms. The highest BCUT2D eigenvalue weighted by Gasteiger charge is 2.16. The van der Waals surface area contributed by atoms with E-state index in [0.29, 0.717) is 11.1 Å². The van der Waals surface area contributed by atoms with E-state index in [-0.39, 0.29) is 0 Å². The predicted molar refractivity (Wildman–Crippen MR) is 74.8 cm³/mol. The highest BCUT2D eigenvalue weighted by Crippen LogP contribution is 2.23. The number of halogens is 2. The molecule has 0 fully saturated rings. The van der Waals surface area contributed by atoms with Gasteiger partial charge in [0.2, 0.25) is 0 Å². The minimum atomic E-state index is -1.35. The molecule has 0 aromatic heterocycles. The zero-order valence-corrected chi connectivity index (χ0v) is 11.8. The van der Waals surface area contributed by atoms with Crippen LogP contribution >= 0.6 is 0 Å². The summed E-state index contributed by atoms with van der Waals surface area (Å²) in [4.78, 5) is 0. The van der Waals surface area contributed by atoms with Crippen LogP contribution in [0.3, 0.4) is 0 Å². The topological polar surface area (TPSA) is 0 Å². The molecule has 0 aliphatic rings. The van der Waals surface area contributed by atoms with E-state index in [0.717, 1.165) is 6.07 Å². The van der Waals surface area contributed by atoms with Crippen LogP contribution in [0.1, 0.15) is 0 Å². The fraction of sp³-hybridized carbons (Fsp3) is 0.200. The summed E-state index contributed by atoms with van der Waals surface area (Å²) in [6.45, 7) is 6.76. The van der Waals surface area contributed by atoms with Gasteiger partial charge in [-0.15, -0.1) is 0 Å². The summed E-state index contributed by atoms with van der Waals surface area (Å²) in [6, 6.07) is 12.0. The standard InChI is InChI=1S/C15H16F2Si/c1-18(2,3)12-9-7-11(8-10-12)13-5-4-6-14(16)15(13)17/h4-10H,1-3H3. The quantitative estimate of drug-likeness (QED) is 0.712. The number of hydrogen-bond acceptors (Lipinski definition) is 0. The van der Waals surface area contributed by atoms with Gasteiger partial charge in [0, 0.05) is 5.56 Å². The van der Waals surface area contributed by atoms with E-state index < -0.39 is 19.7 Å². The van der Waals surface area contributed by atoms with E-state index in [9.17, 15) is 8.78 Å². The zero-order valence-electron chi connectivity index (χ0n) is 10.8. The second-order valence-corrected chi connectivity index (χ2v) is 10.5. The van der Waals surface area contributed by atoms with Crippen LogP contribution in [0, 0.1) is 11.6 Å². The SMILES string of the molecule is C[Si](C)(C)c1ccc(-c2cccc(F)c2F)cc1. The average Bonchev–Trinajstić information content (AvgIpc) is 2.32. The van der Waals surface area contributed by atoms with Crippen LogP contribution < -0.4 is 5.19 Å². The lowest BCUT2D eigenvalue weighted by Gasteiger charge is -2.16. The molecular weight excluding hydrogens is 246 g/mol. The van der Waals surface area contributed by atoms with Gasteiger partial charge in [0.05, 0.1) is 8.07 Å². The summed E-state index contributed by atoms with van der Waals surface area (Å²) in [5, 5.41) is 1.31. The molecule has 0 atom stereocenters. The minimum Gasteiger partial charge on any atom is -0.204 e. The lowest BCUT2D eigenvalue weighted by Crippen LogP contribution is -2.37. The lowest BCUT2D eigenvalue weighted by atomic mass is 10.1. The Morgan fingerprint density at radius 2 is 1.44 bits per heavy atom. The molecule has 2 aromatic carbocycles. The van der Waals surface area contributed by atoms with Crippen molar-refractivity contribution in [3.8, 4) is 11.1 Å². The predicted octanol–water partition coefficient (Wildman–Crippen LogP) is 4.18. The summed E-state index contributed by atoms with van der Waals surface area (Å²) in [6.07, 6.45) is 0. The highest BCUT2D eigenvalue weighted by molar-refractivity contribution is 6.88. The molecule has 94 valence electrons. The van der Waals surface area contributed by atoms with Gasteiger partial charge >= 0.3 is 0 Å². The molecule has 0 bridgehead atoms. The van der Waals surface area contributed by atoms with Crippen molar-refractivity contribution in [3.63, 3.8) is 0 Å². The molecule has 0 spiro atoms. The number of hydrogen-bond donors (Lipinski definition) is 0. The Balaban J connectivity index is 2.44. The van der Waals surface area contributed by atoms with Gasteiger partial charge in [-0.3, -0.25) is 0 Å². The van der Waals surface area contributed by atoms with Gasteiger partial charge in [-0.2, -0.15) is 0 Å². The Bertz CT molecular complexity index is 554. The van der Waals surface area contributed by atoms with Crippen molar-refractivity contribution in [3.05, 3.63) is 54.1 Å². The van der Waals surface area contributed by atoms with Crippen LogP contribution in [0.15, 0.2) is 42.5 Å². The van der Waals surface area contributed by atoms with Gasteiger partial charge in [-0.1, -0.05) is 61.2 Å². The Labute approximate surface area is 107 Å². The summed E-state index contributed by atoms with van der Waals surface area (Å²) < 4.78 is 26.8. The third kappa shape index (κ3) is 2.51. The molecule has 0 nitrogen and oxygen atoms in total. The molecule has 2 rings (SSSR count). The first kappa shape index (κ1) is 13.0. The van der Waals surface area contributed by atoms with Crippen LogP contribution in [0.2, 0.25) is 19.6 Å². The summed E-state index contributed by atoms with van der Waals surface area (Å²) in [5.41, 5.74) is 1.03. The van der Waals surface area contributed by atoms with Crippen LogP contribution in [-0.2, 0) is 0 Å². The van der Waals surface area contributed by atoms with Gasteiger partial charge in [0.15, 0.2) is 11.6 Å². The summed E-state index contributed by atoms with van der Waals surface area (Å²) >= 11 is 0. The summed E-state index contributed by atoms with van der Waals surface area (Å²) in [5.74, 6) is -1.58. The lowest BCUT2D eigenvalue weighted by molar-refractivity contribution is 0.511. The Morgan fingerprint density at radius 1 is 0.833 bits per heavy atom. The molecule has 0 amide bonds.